The standard InChI is InChI=1S/C22H22N4O5S/c27-20(23-22-25-24-21(31-22)19-8-4-14-30-19)16-9-11-17(12-10-16)32(28,29)26-13-3-6-15-5-1-2-7-18(15)26/h1-2,5,7,9-12,19H,3-4,6,8,13-14H2,(H,23,25,27). The molecular weight excluding hydrogens is 432 g/mol. The smallest absolute Gasteiger partial charge is 0.322 e. The lowest BCUT2D eigenvalue weighted by atomic mass is 10.0. The molecule has 2 aliphatic heterocycles. The van der Waals surface area contributed by atoms with Crippen LogP contribution in [-0.4, -0.2) is 37.7 Å². The monoisotopic (exact) mass is 454 g/mol. The van der Waals surface area contributed by atoms with Gasteiger partial charge in [-0.25, -0.2) is 8.42 Å². The molecule has 0 aliphatic carbocycles. The first kappa shape index (κ1) is 20.7. The van der Waals surface area contributed by atoms with E-state index in [1.807, 2.05) is 24.3 Å². The van der Waals surface area contributed by atoms with Crippen molar-refractivity contribution >= 4 is 27.6 Å². The van der Waals surface area contributed by atoms with E-state index in [0.717, 1.165) is 31.2 Å². The van der Waals surface area contributed by atoms with Gasteiger partial charge in [-0.05, 0) is 61.6 Å². The van der Waals surface area contributed by atoms with E-state index in [9.17, 15) is 13.2 Å². The summed E-state index contributed by atoms with van der Waals surface area (Å²) in [4.78, 5) is 12.7. The number of hydrogen-bond acceptors (Lipinski definition) is 7. The van der Waals surface area contributed by atoms with E-state index in [1.54, 1.807) is 0 Å². The molecule has 0 spiro atoms. The number of nitrogens with zero attached hydrogens (tertiary/aromatic N) is 3. The second kappa shape index (κ2) is 8.36. The van der Waals surface area contributed by atoms with E-state index in [2.05, 4.69) is 15.5 Å². The largest absolute Gasteiger partial charge is 0.405 e. The first-order chi connectivity index (χ1) is 15.5. The van der Waals surface area contributed by atoms with Gasteiger partial charge in [-0.1, -0.05) is 23.3 Å². The molecule has 32 heavy (non-hydrogen) atoms. The molecule has 0 bridgehead atoms. The van der Waals surface area contributed by atoms with E-state index in [1.165, 1.54) is 28.6 Å². The molecule has 1 fully saturated rings. The van der Waals surface area contributed by atoms with Gasteiger partial charge in [0.05, 0.1) is 10.6 Å². The molecular formula is C22H22N4O5S. The highest BCUT2D eigenvalue weighted by Gasteiger charge is 2.29. The second-order valence-corrected chi connectivity index (χ2v) is 9.60. The van der Waals surface area contributed by atoms with Crippen LogP contribution >= 0.6 is 0 Å². The maximum absolute atomic E-state index is 13.2. The number of hydrogen-bond donors (Lipinski definition) is 1. The SMILES string of the molecule is O=C(Nc1nnc(C2CCCO2)o1)c1ccc(S(=O)(=O)N2CCCc3ccccc32)cc1. The van der Waals surface area contributed by atoms with Crippen molar-refractivity contribution in [1.82, 2.24) is 10.2 Å². The van der Waals surface area contributed by atoms with Crippen LogP contribution in [0.5, 0.6) is 0 Å². The third kappa shape index (κ3) is 3.87. The van der Waals surface area contributed by atoms with E-state index in [0.29, 0.717) is 24.7 Å². The summed E-state index contributed by atoms with van der Waals surface area (Å²) in [6.07, 6.45) is 3.10. The van der Waals surface area contributed by atoms with Gasteiger partial charge in [0, 0.05) is 18.7 Å². The molecule has 9 nitrogen and oxygen atoms in total. The molecule has 2 aromatic carbocycles. The lowest BCUT2D eigenvalue weighted by Crippen LogP contribution is -2.35. The van der Waals surface area contributed by atoms with Crippen LogP contribution in [0.4, 0.5) is 11.7 Å². The van der Waals surface area contributed by atoms with E-state index < -0.39 is 15.9 Å². The van der Waals surface area contributed by atoms with Crippen molar-refractivity contribution in [2.75, 3.05) is 22.8 Å². The molecule has 10 heteroatoms. The Hall–Kier alpha value is -3.24. The Balaban J connectivity index is 1.31. The van der Waals surface area contributed by atoms with Crippen LogP contribution in [0.2, 0.25) is 0 Å². The molecule has 3 heterocycles. The lowest BCUT2D eigenvalue weighted by molar-refractivity contribution is 0.0893. The van der Waals surface area contributed by atoms with Gasteiger partial charge < -0.3 is 9.15 Å². The molecule has 0 saturated carbocycles. The predicted octanol–water partition coefficient (Wildman–Crippen LogP) is 3.31. The number of carbonyl (C=O) groups excluding carboxylic acids is 1. The summed E-state index contributed by atoms with van der Waals surface area (Å²) < 4.78 is 38.9. The molecule has 1 saturated heterocycles. The van der Waals surface area contributed by atoms with Gasteiger partial charge in [0.25, 0.3) is 15.9 Å². The van der Waals surface area contributed by atoms with Gasteiger partial charge in [-0.15, -0.1) is 5.10 Å². The van der Waals surface area contributed by atoms with Gasteiger partial charge in [0.15, 0.2) is 0 Å². The molecule has 5 rings (SSSR count). The fourth-order valence-corrected chi connectivity index (χ4v) is 5.55. The number of anilines is 2. The van der Waals surface area contributed by atoms with Crippen molar-refractivity contribution in [1.29, 1.82) is 0 Å². The molecule has 1 atom stereocenters. The number of aryl methyl sites for hydroxylation is 1. The summed E-state index contributed by atoms with van der Waals surface area (Å²) in [6, 6.07) is 13.3. The Morgan fingerprint density at radius 1 is 1.06 bits per heavy atom. The maximum atomic E-state index is 13.2. The lowest BCUT2D eigenvalue weighted by Gasteiger charge is -2.30. The minimum atomic E-state index is -3.74. The number of ether oxygens (including phenoxy) is 1. The van der Waals surface area contributed by atoms with Crippen LogP contribution in [0.3, 0.4) is 0 Å². The van der Waals surface area contributed by atoms with E-state index >= 15 is 0 Å². The van der Waals surface area contributed by atoms with Crippen molar-refractivity contribution in [2.24, 2.45) is 0 Å². The summed E-state index contributed by atoms with van der Waals surface area (Å²) in [7, 11) is -3.74. The van der Waals surface area contributed by atoms with E-state index in [4.69, 9.17) is 9.15 Å². The topological polar surface area (TPSA) is 115 Å². The number of sulfonamides is 1. The molecule has 2 aliphatic rings. The number of carbonyl (C=O) groups is 1. The van der Waals surface area contributed by atoms with Gasteiger partial charge in [0.1, 0.15) is 6.10 Å². The molecule has 166 valence electrons. The van der Waals surface area contributed by atoms with Crippen molar-refractivity contribution in [3.8, 4) is 0 Å². The molecule has 1 aromatic heterocycles. The average Bonchev–Trinajstić information content (AvgIpc) is 3.51. The highest BCUT2D eigenvalue weighted by atomic mass is 32.2. The van der Waals surface area contributed by atoms with Crippen LogP contribution in [0, 0.1) is 0 Å². The zero-order valence-corrected chi connectivity index (χ0v) is 18.0. The first-order valence-electron chi connectivity index (χ1n) is 10.5. The van der Waals surface area contributed by atoms with Crippen molar-refractivity contribution < 1.29 is 22.4 Å². The molecule has 0 radical (unpaired) electrons. The predicted molar refractivity (Wildman–Crippen MR) is 116 cm³/mol. The Morgan fingerprint density at radius 3 is 2.66 bits per heavy atom. The third-order valence-corrected chi connectivity index (χ3v) is 7.47. The summed E-state index contributed by atoms with van der Waals surface area (Å²) in [5.41, 5.74) is 2.00. The van der Waals surface area contributed by atoms with Gasteiger partial charge in [-0.2, -0.15) is 0 Å². The molecule has 1 amide bonds. The van der Waals surface area contributed by atoms with E-state index in [-0.39, 0.29) is 22.6 Å². The first-order valence-corrected chi connectivity index (χ1v) is 11.9. The fraction of sp³-hybridized carbons (Fsp3) is 0.318. The number of fused-ring (bicyclic) bond motifs is 1. The van der Waals surface area contributed by atoms with Gasteiger partial charge in [-0.3, -0.25) is 14.4 Å². The van der Waals surface area contributed by atoms with Crippen LogP contribution in [-0.2, 0) is 21.2 Å². The molecule has 3 aromatic rings. The average molecular weight is 455 g/mol. The number of rotatable bonds is 5. The Kier molecular flexibility index (Phi) is 5.40. The molecule has 1 unspecified atom stereocenters. The Morgan fingerprint density at radius 2 is 1.88 bits per heavy atom. The quantitative estimate of drug-likeness (QED) is 0.629. The summed E-state index contributed by atoms with van der Waals surface area (Å²) in [5, 5.41) is 10.3. The van der Waals surface area contributed by atoms with Crippen LogP contribution in [0.25, 0.3) is 0 Å². The van der Waals surface area contributed by atoms with Gasteiger partial charge >= 0.3 is 6.01 Å². The molecule has 1 N–H and O–H groups in total. The Bertz CT molecular complexity index is 1230. The summed E-state index contributed by atoms with van der Waals surface area (Å²) in [5.74, 6) is -0.138. The summed E-state index contributed by atoms with van der Waals surface area (Å²) in [6.45, 7) is 1.07. The fourth-order valence-electron chi connectivity index (χ4n) is 4.01. The number of nitrogens with one attached hydrogen (secondary N) is 1. The van der Waals surface area contributed by atoms with Crippen LogP contribution < -0.4 is 9.62 Å². The van der Waals surface area contributed by atoms with Gasteiger partial charge in [0.2, 0.25) is 5.89 Å². The summed E-state index contributed by atoms with van der Waals surface area (Å²) >= 11 is 0. The van der Waals surface area contributed by atoms with Crippen molar-refractivity contribution in [3.05, 3.63) is 65.5 Å². The third-order valence-electron chi connectivity index (χ3n) is 5.64. The van der Waals surface area contributed by atoms with Crippen molar-refractivity contribution in [2.45, 2.75) is 36.7 Å². The Labute approximate surface area is 185 Å². The minimum Gasteiger partial charge on any atom is -0.405 e. The zero-order chi connectivity index (χ0) is 22.1. The number of benzene rings is 2. The second-order valence-electron chi connectivity index (χ2n) is 7.74. The number of aromatic nitrogens is 2. The minimum absolute atomic E-state index is 0.0258. The number of amides is 1. The number of para-hydroxylation sites is 1. The normalized spacial score (nSPS) is 18.4. The zero-order valence-electron chi connectivity index (χ0n) is 17.2. The highest BCUT2D eigenvalue weighted by molar-refractivity contribution is 7.92. The van der Waals surface area contributed by atoms with Crippen LogP contribution in [0.1, 0.15) is 47.2 Å². The highest BCUT2D eigenvalue weighted by Crippen LogP contribution is 2.32. The maximum Gasteiger partial charge on any atom is 0.322 e. The van der Waals surface area contributed by atoms with Crippen LogP contribution in [0.15, 0.2) is 57.8 Å². The van der Waals surface area contributed by atoms with Crippen molar-refractivity contribution in [3.63, 3.8) is 0 Å².